The Kier molecular flexibility index (Phi) is 4.63. The molecule has 1 aromatic heterocycles. The van der Waals surface area contributed by atoms with Gasteiger partial charge >= 0.3 is 6.09 Å². The second-order valence-electron chi connectivity index (χ2n) is 7.19. The summed E-state index contributed by atoms with van der Waals surface area (Å²) in [5, 5.41) is 0. The lowest BCUT2D eigenvalue weighted by molar-refractivity contribution is 0.0248. The van der Waals surface area contributed by atoms with E-state index in [2.05, 4.69) is 13.0 Å². The number of pyridine rings is 1. The monoisotopic (exact) mass is 305 g/mol. The van der Waals surface area contributed by atoms with Crippen molar-refractivity contribution in [3.8, 4) is 0 Å². The Morgan fingerprint density at radius 2 is 2.05 bits per heavy atom. The summed E-state index contributed by atoms with van der Waals surface area (Å²) < 4.78 is 5.50. The third-order valence-electron chi connectivity index (χ3n) is 3.72. The van der Waals surface area contributed by atoms with E-state index in [0.29, 0.717) is 13.1 Å². The van der Waals surface area contributed by atoms with E-state index in [9.17, 15) is 4.79 Å². The maximum Gasteiger partial charge on any atom is 0.410 e. The van der Waals surface area contributed by atoms with Crippen LogP contribution in [0, 0.1) is 0 Å². The van der Waals surface area contributed by atoms with E-state index >= 15 is 0 Å². The highest BCUT2D eigenvalue weighted by Crippen LogP contribution is 2.26. The van der Waals surface area contributed by atoms with Crippen LogP contribution >= 0.6 is 0 Å². The predicted molar refractivity (Wildman–Crippen MR) is 88.5 cm³/mol. The number of ether oxygens (including phenoxy) is 1. The van der Waals surface area contributed by atoms with Crippen LogP contribution in [-0.4, -0.2) is 48.8 Å². The topological polar surface area (TPSA) is 45.7 Å². The lowest BCUT2D eigenvalue weighted by Crippen LogP contribution is -2.38. The number of fused-ring (bicyclic) bond motifs is 1. The zero-order valence-corrected chi connectivity index (χ0v) is 14.5. The second-order valence-corrected chi connectivity index (χ2v) is 7.19. The van der Waals surface area contributed by atoms with Gasteiger partial charge in [0.05, 0.1) is 5.69 Å². The smallest absolute Gasteiger partial charge is 0.410 e. The van der Waals surface area contributed by atoms with E-state index < -0.39 is 5.60 Å². The third-order valence-corrected chi connectivity index (χ3v) is 3.72. The number of hydrogen-bond acceptors (Lipinski definition) is 4. The van der Waals surface area contributed by atoms with Crippen LogP contribution in [0.3, 0.4) is 0 Å². The van der Waals surface area contributed by atoms with Crippen LogP contribution in [0.2, 0.25) is 0 Å². The number of amides is 1. The first-order valence-corrected chi connectivity index (χ1v) is 7.82. The molecular weight excluding hydrogens is 278 g/mol. The van der Waals surface area contributed by atoms with Crippen molar-refractivity contribution in [1.29, 1.82) is 0 Å². The van der Waals surface area contributed by atoms with Crippen molar-refractivity contribution in [2.45, 2.75) is 45.6 Å². The first-order chi connectivity index (χ1) is 10.2. The van der Waals surface area contributed by atoms with Crippen LogP contribution in [0.4, 0.5) is 10.6 Å². The van der Waals surface area contributed by atoms with Gasteiger partial charge in [-0.2, -0.15) is 0 Å². The fourth-order valence-corrected chi connectivity index (χ4v) is 2.64. The number of carbonyl (C=O) groups is 1. The molecule has 1 atom stereocenters. The minimum atomic E-state index is -0.462. The molecule has 2 rings (SSSR count). The molecule has 0 radical (unpaired) electrons. The average molecular weight is 305 g/mol. The summed E-state index contributed by atoms with van der Waals surface area (Å²) in [4.78, 5) is 20.9. The molecule has 1 aliphatic heterocycles. The van der Waals surface area contributed by atoms with Gasteiger partial charge in [-0.3, -0.25) is 0 Å². The lowest BCUT2D eigenvalue weighted by Gasteiger charge is -2.27. The van der Waals surface area contributed by atoms with E-state index in [-0.39, 0.29) is 12.0 Å². The molecule has 0 bridgehead atoms. The molecule has 5 heteroatoms. The van der Waals surface area contributed by atoms with Crippen molar-refractivity contribution in [2.24, 2.45) is 0 Å². The number of rotatable bonds is 1. The Labute approximate surface area is 133 Å². The molecular formula is C17H27N3O2. The standard InChI is InChI=1S/C17H27N3O2/c1-12-11-20(16(21)22-17(2,3)4)10-9-13-7-8-14(19(5)6)18-15(12)13/h7-8,12H,9-11H2,1-6H3. The van der Waals surface area contributed by atoms with E-state index in [4.69, 9.17) is 9.72 Å². The number of anilines is 1. The first kappa shape index (κ1) is 16.6. The lowest BCUT2D eigenvalue weighted by atomic mass is 10.0. The van der Waals surface area contributed by atoms with Crippen molar-refractivity contribution < 1.29 is 9.53 Å². The van der Waals surface area contributed by atoms with E-state index in [0.717, 1.165) is 17.9 Å². The Morgan fingerprint density at radius 1 is 1.36 bits per heavy atom. The van der Waals surface area contributed by atoms with Gasteiger partial charge < -0.3 is 14.5 Å². The van der Waals surface area contributed by atoms with Gasteiger partial charge in [0.25, 0.3) is 0 Å². The highest BCUT2D eigenvalue weighted by atomic mass is 16.6. The van der Waals surface area contributed by atoms with Crippen LogP contribution in [-0.2, 0) is 11.2 Å². The maximum absolute atomic E-state index is 12.3. The fourth-order valence-electron chi connectivity index (χ4n) is 2.64. The molecule has 0 saturated carbocycles. The van der Waals surface area contributed by atoms with Gasteiger partial charge in [-0.15, -0.1) is 0 Å². The van der Waals surface area contributed by atoms with Gasteiger partial charge in [-0.1, -0.05) is 13.0 Å². The highest BCUT2D eigenvalue weighted by molar-refractivity contribution is 5.68. The van der Waals surface area contributed by atoms with Crippen LogP contribution in [0.1, 0.15) is 44.9 Å². The highest BCUT2D eigenvalue weighted by Gasteiger charge is 2.28. The Hall–Kier alpha value is -1.78. The van der Waals surface area contributed by atoms with Crippen molar-refractivity contribution in [3.63, 3.8) is 0 Å². The van der Waals surface area contributed by atoms with Crippen molar-refractivity contribution in [3.05, 3.63) is 23.4 Å². The van der Waals surface area contributed by atoms with Crippen LogP contribution in [0.5, 0.6) is 0 Å². The van der Waals surface area contributed by atoms with Crippen LogP contribution in [0.15, 0.2) is 12.1 Å². The van der Waals surface area contributed by atoms with Gasteiger partial charge in [0.2, 0.25) is 0 Å². The predicted octanol–water partition coefficient (Wildman–Crippen LogP) is 3.04. The minimum Gasteiger partial charge on any atom is -0.444 e. The second kappa shape index (κ2) is 6.15. The maximum atomic E-state index is 12.3. The largest absolute Gasteiger partial charge is 0.444 e. The Morgan fingerprint density at radius 3 is 2.64 bits per heavy atom. The molecule has 0 aliphatic carbocycles. The quantitative estimate of drug-likeness (QED) is 0.800. The Bertz CT molecular complexity index is 549. The van der Waals surface area contributed by atoms with Gasteiger partial charge in [-0.05, 0) is 38.8 Å². The molecule has 0 aromatic carbocycles. The van der Waals surface area contributed by atoms with Crippen molar-refractivity contribution >= 4 is 11.9 Å². The van der Waals surface area contributed by atoms with E-state index in [1.54, 1.807) is 4.90 Å². The molecule has 0 saturated heterocycles. The summed E-state index contributed by atoms with van der Waals surface area (Å²) in [6.45, 7) is 9.12. The molecule has 0 spiro atoms. The summed E-state index contributed by atoms with van der Waals surface area (Å²) in [6, 6.07) is 4.17. The summed E-state index contributed by atoms with van der Waals surface area (Å²) in [7, 11) is 3.98. The minimum absolute atomic E-state index is 0.199. The Balaban J connectivity index is 2.18. The van der Waals surface area contributed by atoms with E-state index in [1.807, 2.05) is 45.8 Å². The normalized spacial score (nSPS) is 18.5. The molecule has 22 heavy (non-hydrogen) atoms. The molecule has 1 unspecified atom stereocenters. The van der Waals surface area contributed by atoms with Gasteiger partial charge in [0.15, 0.2) is 0 Å². The first-order valence-electron chi connectivity index (χ1n) is 7.82. The number of carbonyl (C=O) groups excluding carboxylic acids is 1. The summed E-state index contributed by atoms with van der Waals surface area (Å²) >= 11 is 0. The molecule has 1 aliphatic rings. The zero-order chi connectivity index (χ0) is 16.5. The molecule has 5 nitrogen and oxygen atoms in total. The van der Waals surface area contributed by atoms with Crippen molar-refractivity contribution in [1.82, 2.24) is 9.88 Å². The van der Waals surface area contributed by atoms with Gasteiger partial charge in [0.1, 0.15) is 11.4 Å². The summed E-state index contributed by atoms with van der Waals surface area (Å²) in [6.07, 6.45) is 0.583. The molecule has 122 valence electrons. The molecule has 1 amide bonds. The molecule has 2 heterocycles. The average Bonchev–Trinajstić information content (AvgIpc) is 2.56. The zero-order valence-electron chi connectivity index (χ0n) is 14.5. The van der Waals surface area contributed by atoms with Crippen LogP contribution < -0.4 is 4.90 Å². The van der Waals surface area contributed by atoms with Crippen molar-refractivity contribution in [2.75, 3.05) is 32.1 Å². The number of nitrogens with zero attached hydrogens (tertiary/aromatic N) is 3. The van der Waals surface area contributed by atoms with Gasteiger partial charge in [-0.25, -0.2) is 9.78 Å². The summed E-state index contributed by atoms with van der Waals surface area (Å²) in [5.74, 6) is 1.15. The van der Waals surface area contributed by atoms with Crippen LogP contribution in [0.25, 0.3) is 0 Å². The van der Waals surface area contributed by atoms with E-state index in [1.165, 1.54) is 5.56 Å². The SMILES string of the molecule is CC1CN(C(=O)OC(C)(C)C)CCc2ccc(N(C)C)nc21. The molecule has 0 N–H and O–H groups in total. The fraction of sp³-hybridized carbons (Fsp3) is 0.647. The molecule has 0 fully saturated rings. The third kappa shape index (κ3) is 3.90. The summed E-state index contributed by atoms with van der Waals surface area (Å²) in [5.41, 5.74) is 1.86. The van der Waals surface area contributed by atoms with Gasteiger partial charge in [0, 0.05) is 33.1 Å². The number of hydrogen-bond donors (Lipinski definition) is 0. The molecule has 1 aromatic rings. The number of aromatic nitrogens is 1.